The van der Waals surface area contributed by atoms with Gasteiger partial charge in [-0.25, -0.2) is 0 Å². The topological polar surface area (TPSA) is 159 Å². The third kappa shape index (κ3) is 3.47. The van der Waals surface area contributed by atoms with Gasteiger partial charge in [0.2, 0.25) is 0 Å². The van der Waals surface area contributed by atoms with E-state index in [1.54, 1.807) is 0 Å². The number of rotatable bonds is 6. The largest absolute Gasteiger partial charge is 0.394 e. The molecule has 0 saturated carbocycles. The molecule has 0 amide bonds. The van der Waals surface area contributed by atoms with Gasteiger partial charge < -0.3 is 35.5 Å². The third-order valence-electron chi connectivity index (χ3n) is 1.82. The Labute approximate surface area is 85.5 Å². The molecule has 7 N–H and O–H groups in total. The van der Waals surface area contributed by atoms with Crippen LogP contribution in [0.2, 0.25) is 0 Å². The van der Waals surface area contributed by atoms with Crippen molar-refractivity contribution < 1.29 is 40.1 Å². The van der Waals surface area contributed by atoms with Crippen molar-refractivity contribution in [2.75, 3.05) is 13.2 Å². The molecular weight excluding hydrogens is 231 g/mol. The Bertz CT molecular complexity index is 213. The maximum Gasteiger partial charge on any atom is 0.261 e. The van der Waals surface area contributed by atoms with E-state index in [1.807, 2.05) is 0 Å². The maximum atomic E-state index is 11.3. The Morgan fingerprint density at radius 3 is 1.33 bits per heavy atom. The van der Waals surface area contributed by atoms with E-state index in [0.29, 0.717) is 0 Å². The van der Waals surface area contributed by atoms with Crippen molar-refractivity contribution in [2.45, 2.75) is 23.9 Å². The van der Waals surface area contributed by atoms with Crippen LogP contribution in [0.15, 0.2) is 0 Å². The van der Waals surface area contributed by atoms with E-state index in [9.17, 15) is 4.57 Å². The molecule has 92 valence electrons. The highest BCUT2D eigenvalue weighted by Crippen LogP contribution is 2.51. The van der Waals surface area contributed by atoms with E-state index in [0.717, 1.165) is 0 Å². The zero-order valence-electron chi connectivity index (χ0n) is 7.71. The van der Waals surface area contributed by atoms with Crippen molar-refractivity contribution >= 4 is 7.37 Å². The van der Waals surface area contributed by atoms with Crippen LogP contribution in [0.4, 0.5) is 0 Å². The van der Waals surface area contributed by atoms with Crippen molar-refractivity contribution in [3.8, 4) is 0 Å². The summed E-state index contributed by atoms with van der Waals surface area (Å²) in [5.74, 6) is -4.59. The second kappa shape index (κ2) is 5.88. The summed E-state index contributed by atoms with van der Waals surface area (Å²) in [7, 11) is -4.73. The van der Waals surface area contributed by atoms with Gasteiger partial charge >= 0.3 is 0 Å². The van der Waals surface area contributed by atoms with Crippen LogP contribution >= 0.6 is 7.37 Å². The number of aliphatic hydroxyl groups is 6. The van der Waals surface area contributed by atoms with E-state index < -0.39 is 44.5 Å². The van der Waals surface area contributed by atoms with Crippen LogP contribution < -0.4 is 0 Å². The second-order valence-corrected chi connectivity index (χ2v) is 5.40. The minimum absolute atomic E-state index is 0.979. The zero-order valence-corrected chi connectivity index (χ0v) is 8.60. The van der Waals surface area contributed by atoms with E-state index >= 15 is 0 Å². The monoisotopic (exact) mass is 246 g/mol. The van der Waals surface area contributed by atoms with E-state index in [1.165, 1.54) is 0 Å². The predicted octanol–water partition coefficient (Wildman–Crippen LogP) is -3.40. The molecule has 0 aliphatic carbocycles. The summed E-state index contributed by atoms with van der Waals surface area (Å²) < 4.78 is 11.3. The summed E-state index contributed by atoms with van der Waals surface area (Å²) in [5, 5.41) is 52.7. The van der Waals surface area contributed by atoms with Crippen LogP contribution in [-0.4, -0.2) is 72.6 Å². The number of hydrogen-bond donors (Lipinski definition) is 7. The highest BCUT2D eigenvalue weighted by atomic mass is 31.2. The van der Waals surface area contributed by atoms with Crippen molar-refractivity contribution in [3.05, 3.63) is 0 Å². The highest BCUT2D eigenvalue weighted by molar-refractivity contribution is 7.59. The fourth-order valence-corrected chi connectivity index (χ4v) is 2.33. The van der Waals surface area contributed by atoms with E-state index in [4.69, 9.17) is 35.5 Å². The number of aliphatic hydroxyl groups excluding tert-OH is 6. The molecular formula is C6H15O8P. The lowest BCUT2D eigenvalue weighted by molar-refractivity contribution is -0.00449. The van der Waals surface area contributed by atoms with Crippen LogP contribution in [0.1, 0.15) is 0 Å². The lowest BCUT2D eigenvalue weighted by Crippen LogP contribution is -2.38. The summed E-state index contributed by atoms with van der Waals surface area (Å²) in [6.07, 6.45) is -3.83. The Morgan fingerprint density at radius 1 is 0.867 bits per heavy atom. The SMILES string of the molecule is O=P(O)(C(O)C(O)CO)C(O)C(O)CO. The lowest BCUT2D eigenvalue weighted by Gasteiger charge is -2.27. The van der Waals surface area contributed by atoms with Gasteiger partial charge in [0.05, 0.1) is 13.2 Å². The minimum Gasteiger partial charge on any atom is -0.394 e. The van der Waals surface area contributed by atoms with Gasteiger partial charge in [0.1, 0.15) is 12.2 Å². The van der Waals surface area contributed by atoms with Crippen molar-refractivity contribution in [1.29, 1.82) is 0 Å². The Morgan fingerprint density at radius 2 is 1.13 bits per heavy atom. The first-order valence-electron chi connectivity index (χ1n) is 4.05. The first kappa shape index (κ1) is 14.9. The Kier molecular flexibility index (Phi) is 5.86. The van der Waals surface area contributed by atoms with Gasteiger partial charge in [-0.1, -0.05) is 0 Å². The predicted molar refractivity (Wildman–Crippen MR) is 48.0 cm³/mol. The maximum absolute atomic E-state index is 11.3. The molecule has 9 heteroatoms. The molecule has 0 aromatic heterocycles. The molecule has 0 saturated heterocycles. The van der Waals surface area contributed by atoms with Crippen LogP contribution in [0, 0.1) is 0 Å². The van der Waals surface area contributed by atoms with Gasteiger partial charge in [-0.3, -0.25) is 4.57 Å². The normalized spacial score (nSPS) is 23.9. The van der Waals surface area contributed by atoms with Crippen LogP contribution in [0.5, 0.6) is 0 Å². The van der Waals surface area contributed by atoms with Gasteiger partial charge in [0, 0.05) is 0 Å². The molecule has 0 aromatic carbocycles. The zero-order chi connectivity index (χ0) is 12.2. The average Bonchev–Trinajstić information content (AvgIpc) is 2.24. The molecule has 0 bridgehead atoms. The molecule has 0 aliphatic rings. The molecule has 8 nitrogen and oxygen atoms in total. The molecule has 0 heterocycles. The van der Waals surface area contributed by atoms with Crippen molar-refractivity contribution in [2.24, 2.45) is 0 Å². The molecule has 4 atom stereocenters. The van der Waals surface area contributed by atoms with Crippen LogP contribution in [0.25, 0.3) is 0 Å². The number of hydrogen-bond acceptors (Lipinski definition) is 7. The Balaban J connectivity index is 4.73. The molecule has 15 heavy (non-hydrogen) atoms. The van der Waals surface area contributed by atoms with Crippen LogP contribution in [0.3, 0.4) is 0 Å². The molecule has 0 radical (unpaired) electrons. The van der Waals surface area contributed by atoms with Gasteiger partial charge in [0.15, 0.2) is 11.7 Å². The first-order chi connectivity index (χ1) is 6.78. The third-order valence-corrected chi connectivity index (χ3v) is 4.02. The highest BCUT2D eigenvalue weighted by Gasteiger charge is 2.44. The summed E-state index contributed by atoms with van der Waals surface area (Å²) in [6, 6.07) is 0. The first-order valence-corrected chi connectivity index (χ1v) is 5.85. The lowest BCUT2D eigenvalue weighted by atomic mass is 10.4. The fourth-order valence-electron chi connectivity index (χ4n) is 0.838. The van der Waals surface area contributed by atoms with Gasteiger partial charge in [-0.2, -0.15) is 0 Å². The molecule has 4 unspecified atom stereocenters. The standard InChI is InChI=1S/C6H15O8P/c7-1-3(9)5(11)15(13,14)6(12)4(10)2-8/h3-12H,1-2H2,(H,13,14). The van der Waals surface area contributed by atoms with Gasteiger partial charge in [0.25, 0.3) is 7.37 Å². The van der Waals surface area contributed by atoms with Gasteiger partial charge in [-0.15, -0.1) is 0 Å². The Hall–Kier alpha value is -0.0500. The summed E-state index contributed by atoms with van der Waals surface area (Å²) in [6.45, 7) is -1.96. The second-order valence-electron chi connectivity index (χ2n) is 3.00. The molecule has 0 aromatic rings. The van der Waals surface area contributed by atoms with E-state index in [2.05, 4.69) is 0 Å². The minimum atomic E-state index is -4.73. The summed E-state index contributed by atoms with van der Waals surface area (Å²) >= 11 is 0. The molecule has 0 spiro atoms. The summed E-state index contributed by atoms with van der Waals surface area (Å²) in [4.78, 5) is 9.17. The molecule has 0 aliphatic heterocycles. The van der Waals surface area contributed by atoms with Crippen molar-refractivity contribution in [1.82, 2.24) is 0 Å². The molecule has 0 fully saturated rings. The fraction of sp³-hybridized carbons (Fsp3) is 1.00. The van der Waals surface area contributed by atoms with Crippen LogP contribution in [-0.2, 0) is 4.57 Å². The quantitative estimate of drug-likeness (QED) is 0.239. The molecule has 0 rings (SSSR count). The van der Waals surface area contributed by atoms with E-state index in [-0.39, 0.29) is 0 Å². The average molecular weight is 246 g/mol. The summed E-state index contributed by atoms with van der Waals surface area (Å²) in [5.41, 5.74) is 0. The smallest absolute Gasteiger partial charge is 0.261 e. The van der Waals surface area contributed by atoms with Crippen molar-refractivity contribution in [3.63, 3.8) is 0 Å². The van der Waals surface area contributed by atoms with Gasteiger partial charge in [-0.05, 0) is 0 Å².